The van der Waals surface area contributed by atoms with Crippen LogP contribution in [-0.2, 0) is 15.1 Å². The lowest BCUT2D eigenvalue weighted by atomic mass is 9.79. The summed E-state index contributed by atoms with van der Waals surface area (Å²) < 4.78 is 10.7. The summed E-state index contributed by atoms with van der Waals surface area (Å²) in [6.07, 6.45) is 1.37. The first-order valence-electron chi connectivity index (χ1n) is 11.1. The molecule has 2 aliphatic heterocycles. The Morgan fingerprint density at radius 2 is 2.00 bits per heavy atom. The molecule has 0 unspecified atom stereocenters. The van der Waals surface area contributed by atoms with E-state index in [9.17, 15) is 9.59 Å². The van der Waals surface area contributed by atoms with Crippen LogP contribution in [0.5, 0.6) is 11.5 Å². The number of hydrogen-bond acceptors (Lipinski definition) is 5. The lowest BCUT2D eigenvalue weighted by Gasteiger charge is -2.30. The zero-order valence-electron chi connectivity index (χ0n) is 19.5. The van der Waals surface area contributed by atoms with Gasteiger partial charge in [0.05, 0.1) is 36.5 Å². The van der Waals surface area contributed by atoms with Gasteiger partial charge >= 0.3 is 0 Å². The fourth-order valence-electron chi connectivity index (χ4n) is 5.11. The van der Waals surface area contributed by atoms with Gasteiger partial charge in [0.1, 0.15) is 17.0 Å². The number of amides is 2. The molecule has 3 N–H and O–H groups in total. The number of hydrogen-bond donors (Lipinski definition) is 3. The summed E-state index contributed by atoms with van der Waals surface area (Å²) in [5.74, 6) is 0.351. The largest absolute Gasteiger partial charge is 0.497 e. The van der Waals surface area contributed by atoms with Gasteiger partial charge in [-0.2, -0.15) is 0 Å². The number of rotatable bonds is 6. The number of ether oxygens (including phenoxy) is 2. The highest BCUT2D eigenvalue weighted by Gasteiger charge is 2.60. The molecule has 2 aliphatic rings. The highest BCUT2D eigenvalue weighted by Crippen LogP contribution is 2.50. The second-order valence-electron chi connectivity index (χ2n) is 9.25. The monoisotopic (exact) mass is 471 g/mol. The van der Waals surface area contributed by atoms with Crippen molar-refractivity contribution in [2.75, 3.05) is 24.9 Å². The fraction of sp³-hybridized carbons (Fsp3) is 0.440. The number of halogens is 1. The molecule has 176 valence electrons. The van der Waals surface area contributed by atoms with Gasteiger partial charge in [-0.3, -0.25) is 14.9 Å². The van der Waals surface area contributed by atoms with Gasteiger partial charge in [0.15, 0.2) is 0 Å². The number of aryl methyl sites for hydroxylation is 1. The Labute approximate surface area is 199 Å². The highest BCUT2D eigenvalue weighted by molar-refractivity contribution is 6.35. The lowest BCUT2D eigenvalue weighted by molar-refractivity contribution is -0.130. The van der Waals surface area contributed by atoms with E-state index in [1.165, 1.54) is 0 Å². The van der Waals surface area contributed by atoms with Crippen LogP contribution in [0.4, 0.5) is 11.4 Å². The van der Waals surface area contributed by atoms with Gasteiger partial charge < -0.3 is 20.1 Å². The van der Waals surface area contributed by atoms with Gasteiger partial charge in [-0.15, -0.1) is 0 Å². The van der Waals surface area contributed by atoms with E-state index in [4.69, 9.17) is 21.1 Å². The van der Waals surface area contributed by atoms with Crippen molar-refractivity contribution in [3.8, 4) is 11.5 Å². The third kappa shape index (κ3) is 4.04. The highest BCUT2D eigenvalue weighted by atomic mass is 35.5. The maximum atomic E-state index is 13.7. The van der Waals surface area contributed by atoms with Crippen LogP contribution in [0.15, 0.2) is 30.3 Å². The normalized spacial score (nSPS) is 23.5. The van der Waals surface area contributed by atoms with Gasteiger partial charge in [-0.1, -0.05) is 31.5 Å². The van der Waals surface area contributed by atoms with E-state index in [-0.39, 0.29) is 17.9 Å². The van der Waals surface area contributed by atoms with Crippen molar-refractivity contribution in [1.82, 2.24) is 5.32 Å². The molecular formula is C25H30ClN3O4. The Balaban J connectivity index is 1.77. The van der Waals surface area contributed by atoms with E-state index >= 15 is 0 Å². The average molecular weight is 472 g/mol. The molecule has 2 aromatic rings. The van der Waals surface area contributed by atoms with Crippen LogP contribution in [0.2, 0.25) is 5.02 Å². The van der Waals surface area contributed by atoms with Gasteiger partial charge in [0.2, 0.25) is 11.8 Å². The van der Waals surface area contributed by atoms with Crippen LogP contribution in [0, 0.1) is 18.8 Å². The summed E-state index contributed by atoms with van der Waals surface area (Å²) in [6.45, 7) is 6.19. The lowest BCUT2D eigenvalue weighted by Crippen LogP contribution is -2.52. The third-order valence-corrected chi connectivity index (χ3v) is 6.77. The van der Waals surface area contributed by atoms with Crippen molar-refractivity contribution in [3.63, 3.8) is 0 Å². The van der Waals surface area contributed by atoms with Gasteiger partial charge in [0.25, 0.3) is 0 Å². The average Bonchev–Trinajstić information content (AvgIpc) is 3.27. The Hall–Kier alpha value is -2.77. The number of benzene rings is 2. The zero-order chi connectivity index (χ0) is 23.9. The molecule has 3 atom stereocenters. The second-order valence-corrected chi connectivity index (χ2v) is 9.65. The molecule has 0 aromatic heterocycles. The minimum Gasteiger partial charge on any atom is -0.497 e. The first kappa shape index (κ1) is 23.4. The number of anilines is 2. The van der Waals surface area contributed by atoms with E-state index in [1.807, 2.05) is 19.1 Å². The van der Waals surface area contributed by atoms with E-state index in [0.717, 1.165) is 17.5 Å². The number of fused-ring (bicyclic) bond motifs is 2. The van der Waals surface area contributed by atoms with Crippen molar-refractivity contribution in [2.24, 2.45) is 11.8 Å². The summed E-state index contributed by atoms with van der Waals surface area (Å²) in [6, 6.07) is 8.97. The predicted molar refractivity (Wildman–Crippen MR) is 129 cm³/mol. The molecule has 0 saturated carbocycles. The summed E-state index contributed by atoms with van der Waals surface area (Å²) in [5.41, 5.74) is 1.52. The van der Waals surface area contributed by atoms with Crippen LogP contribution in [-0.4, -0.2) is 32.1 Å². The zero-order valence-corrected chi connectivity index (χ0v) is 20.3. The van der Waals surface area contributed by atoms with E-state index in [1.54, 1.807) is 32.4 Å². The summed E-state index contributed by atoms with van der Waals surface area (Å²) in [4.78, 5) is 27.2. The quantitative estimate of drug-likeness (QED) is 0.578. The maximum Gasteiger partial charge on any atom is 0.250 e. The molecule has 2 aromatic carbocycles. The van der Waals surface area contributed by atoms with Gasteiger partial charge in [0, 0.05) is 17.7 Å². The van der Waals surface area contributed by atoms with Crippen LogP contribution >= 0.6 is 11.6 Å². The Morgan fingerprint density at radius 3 is 2.67 bits per heavy atom. The van der Waals surface area contributed by atoms with Gasteiger partial charge in [-0.05, 0) is 49.4 Å². The number of carbonyl (C=O) groups is 2. The molecule has 0 bridgehead atoms. The van der Waals surface area contributed by atoms with Crippen LogP contribution in [0.1, 0.15) is 37.8 Å². The van der Waals surface area contributed by atoms with Crippen molar-refractivity contribution < 1.29 is 19.1 Å². The topological polar surface area (TPSA) is 88.7 Å². The van der Waals surface area contributed by atoms with E-state index < -0.39 is 11.5 Å². The number of nitrogens with one attached hydrogen (secondary N) is 3. The van der Waals surface area contributed by atoms with E-state index in [2.05, 4.69) is 29.8 Å². The van der Waals surface area contributed by atoms with Crippen LogP contribution in [0.3, 0.4) is 0 Å². The molecule has 0 radical (unpaired) electrons. The molecule has 4 rings (SSSR count). The Bertz CT molecular complexity index is 1100. The molecule has 0 aliphatic carbocycles. The predicted octanol–water partition coefficient (Wildman–Crippen LogP) is 4.48. The van der Waals surface area contributed by atoms with Gasteiger partial charge in [-0.25, -0.2) is 0 Å². The standard InChI is InChI=1S/C25H30ClN3O4/c1-13(2)8-15-11-18(23(30)27-20-12-16(32-4)6-7-21(20)33-5)25(29-15)17-9-14(3)10-19(26)22(17)28-24(25)31/h6-7,9-10,12-13,15,18,29H,8,11H2,1-5H3,(H,27,30)(H,28,31)/t15-,18+,25-/m1/s1. The first-order chi connectivity index (χ1) is 15.7. The molecule has 8 heteroatoms. The molecular weight excluding hydrogens is 442 g/mol. The molecule has 33 heavy (non-hydrogen) atoms. The van der Waals surface area contributed by atoms with Crippen molar-refractivity contribution in [2.45, 2.75) is 45.2 Å². The molecule has 7 nitrogen and oxygen atoms in total. The molecule has 2 heterocycles. The second kappa shape index (κ2) is 8.88. The number of methoxy groups -OCH3 is 2. The smallest absolute Gasteiger partial charge is 0.250 e. The summed E-state index contributed by atoms with van der Waals surface area (Å²) in [5, 5.41) is 9.93. The summed E-state index contributed by atoms with van der Waals surface area (Å²) in [7, 11) is 3.10. The minimum atomic E-state index is -1.19. The molecule has 1 saturated heterocycles. The van der Waals surface area contributed by atoms with Crippen molar-refractivity contribution in [3.05, 3.63) is 46.5 Å². The summed E-state index contributed by atoms with van der Waals surface area (Å²) >= 11 is 6.48. The SMILES string of the molecule is COc1ccc(OC)c(NC(=O)[C@@H]2C[C@@H](CC(C)C)N[C@@]23C(=O)Nc2c(Cl)cc(C)cc23)c1. The molecule has 2 amide bonds. The Kier molecular flexibility index (Phi) is 6.29. The fourth-order valence-corrected chi connectivity index (χ4v) is 5.43. The maximum absolute atomic E-state index is 13.7. The minimum absolute atomic E-state index is 0.00365. The molecule has 1 fully saturated rings. The third-order valence-electron chi connectivity index (χ3n) is 6.47. The van der Waals surface area contributed by atoms with Crippen LogP contribution in [0.25, 0.3) is 0 Å². The van der Waals surface area contributed by atoms with Crippen molar-refractivity contribution in [1.29, 1.82) is 0 Å². The van der Waals surface area contributed by atoms with Crippen molar-refractivity contribution >= 4 is 34.8 Å². The molecule has 1 spiro atoms. The Morgan fingerprint density at radius 1 is 1.24 bits per heavy atom. The van der Waals surface area contributed by atoms with Crippen LogP contribution < -0.4 is 25.4 Å². The first-order valence-corrected chi connectivity index (χ1v) is 11.5. The van der Waals surface area contributed by atoms with E-state index in [0.29, 0.717) is 40.2 Å². The number of carbonyl (C=O) groups excluding carboxylic acids is 2.